The van der Waals surface area contributed by atoms with E-state index in [0.29, 0.717) is 17.3 Å². The molecule has 102 valence electrons. The van der Waals surface area contributed by atoms with Crippen molar-refractivity contribution in [2.45, 2.75) is 20.8 Å². The molecule has 1 N–H and O–H groups in total. The van der Waals surface area contributed by atoms with Gasteiger partial charge in [-0.25, -0.2) is 4.98 Å². The van der Waals surface area contributed by atoms with E-state index in [2.05, 4.69) is 25.6 Å². The first kappa shape index (κ1) is 12.7. The van der Waals surface area contributed by atoms with E-state index in [9.17, 15) is 4.79 Å². The Kier molecular flexibility index (Phi) is 2.94. The van der Waals surface area contributed by atoms with Crippen molar-refractivity contribution in [3.8, 4) is 10.8 Å². The molecule has 0 aliphatic heterocycles. The Morgan fingerprint density at radius 2 is 2.10 bits per heavy atom. The second-order valence-electron chi connectivity index (χ2n) is 4.38. The van der Waals surface area contributed by atoms with Crippen LogP contribution in [0.5, 0.6) is 0 Å². The number of aromatic nitrogens is 5. The number of carbonyl (C=O) groups is 1. The average molecular weight is 288 g/mol. The predicted molar refractivity (Wildman–Crippen MR) is 75.7 cm³/mol. The van der Waals surface area contributed by atoms with Crippen molar-refractivity contribution in [2.75, 3.05) is 5.32 Å². The molecule has 0 atom stereocenters. The lowest BCUT2D eigenvalue weighted by molar-refractivity contribution is -0.114. The summed E-state index contributed by atoms with van der Waals surface area (Å²) in [7, 11) is 0. The van der Waals surface area contributed by atoms with Gasteiger partial charge in [0.15, 0.2) is 16.5 Å². The van der Waals surface area contributed by atoms with Gasteiger partial charge in [-0.2, -0.15) is 4.52 Å². The van der Waals surface area contributed by atoms with E-state index in [-0.39, 0.29) is 5.91 Å². The first-order chi connectivity index (χ1) is 9.58. The van der Waals surface area contributed by atoms with Gasteiger partial charge >= 0.3 is 0 Å². The summed E-state index contributed by atoms with van der Waals surface area (Å²) in [6.07, 6.45) is 1.71. The Labute approximate surface area is 118 Å². The number of anilines is 1. The van der Waals surface area contributed by atoms with E-state index in [1.165, 1.54) is 18.3 Å². The summed E-state index contributed by atoms with van der Waals surface area (Å²) in [6, 6.07) is 0. The fourth-order valence-electron chi connectivity index (χ4n) is 1.88. The molecular weight excluding hydrogens is 276 g/mol. The number of nitrogens with one attached hydrogen (secondary N) is 1. The molecule has 1 amide bonds. The van der Waals surface area contributed by atoms with E-state index in [1.807, 2.05) is 19.2 Å². The van der Waals surface area contributed by atoms with Gasteiger partial charge in [-0.15, -0.1) is 26.6 Å². The average Bonchev–Trinajstić information content (AvgIpc) is 3.02. The molecule has 0 saturated heterocycles. The number of nitrogens with zero attached hydrogens (tertiary/aromatic N) is 5. The zero-order chi connectivity index (χ0) is 14.3. The number of fused-ring (bicyclic) bond motifs is 1. The zero-order valence-corrected chi connectivity index (χ0v) is 12.0. The van der Waals surface area contributed by atoms with Gasteiger partial charge in [-0.3, -0.25) is 4.79 Å². The van der Waals surface area contributed by atoms with E-state index >= 15 is 0 Å². The Bertz CT molecular complexity index is 792. The normalized spacial score (nSPS) is 10.9. The van der Waals surface area contributed by atoms with Gasteiger partial charge in [-0.1, -0.05) is 0 Å². The van der Waals surface area contributed by atoms with Gasteiger partial charge in [-0.05, 0) is 13.8 Å². The maximum absolute atomic E-state index is 11.3. The third-order valence-electron chi connectivity index (χ3n) is 3.01. The van der Waals surface area contributed by atoms with Gasteiger partial charge < -0.3 is 5.32 Å². The van der Waals surface area contributed by atoms with Crippen LogP contribution in [0.25, 0.3) is 16.5 Å². The Hall–Kier alpha value is -2.35. The van der Waals surface area contributed by atoms with Crippen LogP contribution in [0, 0.1) is 13.8 Å². The van der Waals surface area contributed by atoms with Crippen LogP contribution in [-0.2, 0) is 4.79 Å². The quantitative estimate of drug-likeness (QED) is 0.777. The Morgan fingerprint density at radius 1 is 1.30 bits per heavy atom. The number of rotatable bonds is 2. The highest BCUT2D eigenvalue weighted by Gasteiger charge is 2.17. The third kappa shape index (κ3) is 1.94. The topological polar surface area (TPSA) is 85.1 Å². The second-order valence-corrected chi connectivity index (χ2v) is 5.27. The molecule has 0 fully saturated rings. The molecule has 8 heteroatoms. The van der Waals surface area contributed by atoms with E-state index in [4.69, 9.17) is 0 Å². The Balaban J connectivity index is 2.26. The summed E-state index contributed by atoms with van der Waals surface area (Å²) in [5.41, 5.74) is 2.48. The first-order valence-electron chi connectivity index (χ1n) is 5.98. The van der Waals surface area contributed by atoms with Crippen molar-refractivity contribution < 1.29 is 4.79 Å². The maximum atomic E-state index is 11.3. The van der Waals surface area contributed by atoms with Crippen molar-refractivity contribution in [3.05, 3.63) is 22.7 Å². The van der Waals surface area contributed by atoms with Crippen molar-refractivity contribution >= 4 is 28.7 Å². The summed E-state index contributed by atoms with van der Waals surface area (Å²) < 4.78 is 1.62. The molecule has 0 bridgehead atoms. The van der Waals surface area contributed by atoms with Crippen LogP contribution in [-0.4, -0.2) is 30.7 Å². The molecule has 3 rings (SSSR count). The summed E-state index contributed by atoms with van der Waals surface area (Å²) in [5.74, 6) is 0.924. The van der Waals surface area contributed by atoms with Crippen molar-refractivity contribution in [2.24, 2.45) is 0 Å². The highest BCUT2D eigenvalue weighted by atomic mass is 32.1. The Morgan fingerprint density at radius 3 is 2.75 bits per heavy atom. The molecule has 0 unspecified atom stereocenters. The zero-order valence-electron chi connectivity index (χ0n) is 11.2. The van der Waals surface area contributed by atoms with Crippen LogP contribution < -0.4 is 5.32 Å². The molecule has 3 heterocycles. The molecule has 0 aromatic carbocycles. The lowest BCUT2D eigenvalue weighted by Gasteiger charge is -2.09. The highest BCUT2D eigenvalue weighted by molar-refractivity contribution is 7.13. The molecule has 0 radical (unpaired) electrons. The fraction of sp³-hybridized carbons (Fsp3) is 0.250. The number of hydrogen-bond donors (Lipinski definition) is 1. The largest absolute Gasteiger partial charge is 0.309 e. The molecule has 7 nitrogen and oxygen atoms in total. The molecule has 3 aromatic rings. The maximum Gasteiger partial charge on any atom is 0.222 e. The number of amides is 1. The number of thiazole rings is 1. The minimum atomic E-state index is -0.164. The summed E-state index contributed by atoms with van der Waals surface area (Å²) >= 11 is 1.46. The van der Waals surface area contributed by atoms with Crippen molar-refractivity contribution in [1.29, 1.82) is 0 Å². The molecule has 0 spiro atoms. The molecule has 3 aromatic heterocycles. The predicted octanol–water partition coefficient (Wildman–Crippen LogP) is 1.82. The van der Waals surface area contributed by atoms with Crippen LogP contribution >= 0.6 is 11.3 Å². The summed E-state index contributed by atoms with van der Waals surface area (Å²) in [5, 5.41) is 18.1. The molecule has 0 saturated carbocycles. The smallest absolute Gasteiger partial charge is 0.222 e. The lowest BCUT2D eigenvalue weighted by atomic mass is 10.2. The molecule has 0 aliphatic rings. The van der Waals surface area contributed by atoms with Gasteiger partial charge in [0.1, 0.15) is 0 Å². The van der Waals surface area contributed by atoms with Gasteiger partial charge in [0.2, 0.25) is 11.7 Å². The lowest BCUT2D eigenvalue weighted by Crippen LogP contribution is -2.12. The minimum absolute atomic E-state index is 0.164. The first-order valence-corrected chi connectivity index (χ1v) is 6.86. The standard InChI is InChI=1S/C12H12N6OS/c1-6-7(2)10-15-16-11(12-13-4-5-20-12)18(10)17-9(6)14-8(3)19/h4-5H,1-3H3,(H,14,17,19). The second kappa shape index (κ2) is 4.64. The van der Waals surface area contributed by atoms with Crippen LogP contribution in [0.4, 0.5) is 5.82 Å². The monoisotopic (exact) mass is 288 g/mol. The van der Waals surface area contributed by atoms with Gasteiger partial charge in [0, 0.05) is 29.6 Å². The fourth-order valence-corrected chi connectivity index (χ4v) is 2.49. The number of aryl methyl sites for hydroxylation is 1. The highest BCUT2D eigenvalue weighted by Crippen LogP contribution is 2.24. The van der Waals surface area contributed by atoms with Crippen molar-refractivity contribution in [1.82, 2.24) is 24.8 Å². The van der Waals surface area contributed by atoms with Crippen molar-refractivity contribution in [3.63, 3.8) is 0 Å². The van der Waals surface area contributed by atoms with E-state index < -0.39 is 0 Å². The van der Waals surface area contributed by atoms with Crippen LogP contribution in [0.3, 0.4) is 0 Å². The number of carbonyl (C=O) groups excluding carboxylic acids is 1. The number of hydrogen-bond acceptors (Lipinski definition) is 6. The molecule has 20 heavy (non-hydrogen) atoms. The molecule has 0 aliphatic carbocycles. The van der Waals surface area contributed by atoms with Crippen LogP contribution in [0.15, 0.2) is 11.6 Å². The minimum Gasteiger partial charge on any atom is -0.309 e. The van der Waals surface area contributed by atoms with Gasteiger partial charge in [0.25, 0.3) is 0 Å². The van der Waals surface area contributed by atoms with Crippen LogP contribution in [0.1, 0.15) is 18.1 Å². The summed E-state index contributed by atoms with van der Waals surface area (Å²) in [6.45, 7) is 5.28. The third-order valence-corrected chi connectivity index (χ3v) is 3.78. The molecular formula is C12H12N6OS. The van der Waals surface area contributed by atoms with E-state index in [0.717, 1.165) is 16.1 Å². The SMILES string of the molecule is CC(=O)Nc1nn2c(-c3nccs3)nnc2c(C)c1C. The van der Waals surface area contributed by atoms with Crippen LogP contribution in [0.2, 0.25) is 0 Å². The van der Waals surface area contributed by atoms with E-state index in [1.54, 1.807) is 10.7 Å². The summed E-state index contributed by atoms with van der Waals surface area (Å²) in [4.78, 5) is 15.5. The van der Waals surface area contributed by atoms with Gasteiger partial charge in [0.05, 0.1) is 0 Å².